The third-order valence-corrected chi connectivity index (χ3v) is 6.03. The van der Waals surface area contributed by atoms with Crippen molar-refractivity contribution in [2.45, 2.75) is 24.9 Å². The van der Waals surface area contributed by atoms with Gasteiger partial charge in [-0.05, 0) is 28.8 Å². The number of carbonyl (C=O) groups is 1. The van der Waals surface area contributed by atoms with Gasteiger partial charge in [0.05, 0.1) is 0 Å². The molecule has 0 amide bonds. The molecule has 2 unspecified atom stereocenters. The third kappa shape index (κ3) is 2.41. The second-order valence-corrected chi connectivity index (χ2v) is 7.10. The highest BCUT2D eigenvalue weighted by molar-refractivity contribution is 9.10. The van der Waals surface area contributed by atoms with Crippen molar-refractivity contribution in [3.63, 3.8) is 0 Å². The minimum atomic E-state index is -0.920. The number of aromatic nitrogens is 1. The van der Waals surface area contributed by atoms with E-state index in [1.807, 2.05) is 5.38 Å². The SMILES string of the molecule is O=C(O)COC1(c2nc(Br)cs2)C2CCCC1CNC2. The molecule has 0 spiro atoms. The fourth-order valence-corrected chi connectivity index (χ4v) is 5.14. The lowest BCUT2D eigenvalue weighted by atomic mass is 9.66. The van der Waals surface area contributed by atoms with E-state index < -0.39 is 11.6 Å². The van der Waals surface area contributed by atoms with Gasteiger partial charge in [0.15, 0.2) is 0 Å². The number of carboxylic acids is 1. The molecule has 1 aromatic heterocycles. The summed E-state index contributed by atoms with van der Waals surface area (Å²) in [5, 5.41) is 15.3. The third-order valence-electron chi connectivity index (χ3n) is 4.34. The number of thiazole rings is 1. The van der Waals surface area contributed by atoms with Gasteiger partial charge in [-0.3, -0.25) is 0 Å². The number of ether oxygens (including phenoxy) is 1. The van der Waals surface area contributed by atoms with Gasteiger partial charge in [0, 0.05) is 30.3 Å². The first-order chi connectivity index (χ1) is 9.63. The van der Waals surface area contributed by atoms with E-state index in [1.165, 1.54) is 6.42 Å². The normalized spacial score (nSPS) is 33.0. The summed E-state index contributed by atoms with van der Waals surface area (Å²) in [5.41, 5.74) is -0.529. The second-order valence-electron chi connectivity index (χ2n) is 5.43. The summed E-state index contributed by atoms with van der Waals surface area (Å²) in [7, 11) is 0. The number of piperidine rings is 1. The molecule has 2 N–H and O–H groups in total. The molecule has 2 heterocycles. The molecule has 2 aliphatic rings. The van der Waals surface area contributed by atoms with E-state index in [4.69, 9.17) is 9.84 Å². The Labute approximate surface area is 129 Å². The molecule has 7 heteroatoms. The van der Waals surface area contributed by atoms with E-state index in [-0.39, 0.29) is 6.61 Å². The van der Waals surface area contributed by atoms with E-state index in [2.05, 4.69) is 26.2 Å². The molecule has 110 valence electrons. The summed E-state index contributed by atoms with van der Waals surface area (Å²) >= 11 is 4.95. The first-order valence-corrected chi connectivity index (χ1v) is 8.48. The number of nitrogens with one attached hydrogen (secondary N) is 1. The average Bonchev–Trinajstić information content (AvgIpc) is 2.82. The molecule has 5 nitrogen and oxygen atoms in total. The molecular weight excluding hydrogens is 344 g/mol. The molecule has 2 atom stereocenters. The van der Waals surface area contributed by atoms with Gasteiger partial charge in [0.2, 0.25) is 0 Å². The highest BCUT2D eigenvalue weighted by Crippen LogP contribution is 2.51. The Morgan fingerprint density at radius 3 is 2.80 bits per heavy atom. The lowest BCUT2D eigenvalue weighted by Gasteiger charge is -2.51. The molecule has 0 aromatic carbocycles. The maximum absolute atomic E-state index is 11.0. The maximum Gasteiger partial charge on any atom is 0.329 e. The molecule has 1 saturated heterocycles. The van der Waals surface area contributed by atoms with Crippen LogP contribution in [0.3, 0.4) is 0 Å². The van der Waals surface area contributed by atoms with Crippen molar-refractivity contribution in [3.05, 3.63) is 15.0 Å². The zero-order valence-corrected chi connectivity index (χ0v) is 13.4. The van der Waals surface area contributed by atoms with Gasteiger partial charge in [-0.1, -0.05) is 6.42 Å². The van der Waals surface area contributed by atoms with Crippen LogP contribution in [-0.2, 0) is 15.1 Å². The first-order valence-electron chi connectivity index (χ1n) is 6.81. The standard InChI is InChI=1S/C13H17BrN2O3S/c14-10-7-20-12(16-10)13(19-6-11(17)18)8-2-1-3-9(13)5-15-4-8/h7-9,15H,1-6H2,(H,17,18). The molecule has 0 radical (unpaired) electrons. The van der Waals surface area contributed by atoms with Crippen LogP contribution in [0.5, 0.6) is 0 Å². The van der Waals surface area contributed by atoms with Crippen molar-refractivity contribution in [2.24, 2.45) is 11.8 Å². The Balaban J connectivity index is 1.99. The van der Waals surface area contributed by atoms with Gasteiger partial charge in [-0.2, -0.15) is 0 Å². The van der Waals surface area contributed by atoms with Gasteiger partial charge >= 0.3 is 5.97 Å². The fraction of sp³-hybridized carbons (Fsp3) is 0.692. The van der Waals surface area contributed by atoms with Crippen molar-refractivity contribution in [2.75, 3.05) is 19.7 Å². The first kappa shape index (κ1) is 14.4. The van der Waals surface area contributed by atoms with Crippen LogP contribution in [0.15, 0.2) is 9.98 Å². The van der Waals surface area contributed by atoms with Crippen LogP contribution < -0.4 is 5.32 Å². The highest BCUT2D eigenvalue weighted by atomic mass is 79.9. The van der Waals surface area contributed by atoms with Crippen molar-refractivity contribution in [3.8, 4) is 0 Å². The van der Waals surface area contributed by atoms with Crippen molar-refractivity contribution >= 4 is 33.2 Å². The zero-order valence-electron chi connectivity index (χ0n) is 11.0. The number of rotatable bonds is 4. The van der Waals surface area contributed by atoms with E-state index in [0.29, 0.717) is 11.8 Å². The topological polar surface area (TPSA) is 71.5 Å². The monoisotopic (exact) mass is 360 g/mol. The maximum atomic E-state index is 11.0. The minimum Gasteiger partial charge on any atom is -0.480 e. The smallest absolute Gasteiger partial charge is 0.329 e. The number of halogens is 1. The van der Waals surface area contributed by atoms with Crippen molar-refractivity contribution in [1.29, 1.82) is 0 Å². The van der Waals surface area contributed by atoms with Gasteiger partial charge in [0.25, 0.3) is 0 Å². The van der Waals surface area contributed by atoms with E-state index in [1.54, 1.807) is 11.3 Å². The zero-order chi connectivity index (χ0) is 14.2. The second kappa shape index (κ2) is 5.71. The fourth-order valence-electron chi connectivity index (χ4n) is 3.57. The number of aliphatic carboxylic acids is 1. The lowest BCUT2D eigenvalue weighted by Crippen LogP contribution is -2.58. The van der Waals surface area contributed by atoms with E-state index >= 15 is 0 Å². The Bertz CT molecular complexity index is 486. The summed E-state index contributed by atoms with van der Waals surface area (Å²) in [5.74, 6) is -0.323. The molecule has 1 aliphatic heterocycles. The molecule has 1 aromatic rings. The summed E-state index contributed by atoms with van der Waals surface area (Å²) < 4.78 is 6.78. The molecule has 1 saturated carbocycles. The largest absolute Gasteiger partial charge is 0.480 e. The number of nitrogens with zero attached hydrogens (tertiary/aromatic N) is 1. The van der Waals surface area contributed by atoms with Crippen LogP contribution in [0.4, 0.5) is 0 Å². The van der Waals surface area contributed by atoms with Gasteiger partial charge < -0.3 is 15.2 Å². The molecule has 2 fully saturated rings. The quantitative estimate of drug-likeness (QED) is 0.861. The molecule has 2 bridgehead atoms. The van der Waals surface area contributed by atoms with Crippen molar-refractivity contribution < 1.29 is 14.6 Å². The Kier molecular flexibility index (Phi) is 4.12. The molecule has 3 rings (SSSR count). The van der Waals surface area contributed by atoms with Crippen LogP contribution in [0, 0.1) is 11.8 Å². The number of hydrogen-bond acceptors (Lipinski definition) is 5. The average molecular weight is 361 g/mol. The van der Waals surface area contributed by atoms with Gasteiger partial charge in [-0.15, -0.1) is 11.3 Å². The van der Waals surface area contributed by atoms with Crippen LogP contribution >= 0.6 is 27.3 Å². The molecule has 1 aliphatic carbocycles. The predicted octanol–water partition coefficient (Wildman–Crippen LogP) is 2.22. The highest BCUT2D eigenvalue weighted by Gasteiger charge is 2.54. The van der Waals surface area contributed by atoms with Crippen LogP contribution in [-0.4, -0.2) is 35.8 Å². The molecular formula is C13H17BrN2O3S. The lowest BCUT2D eigenvalue weighted by molar-refractivity contribution is -0.181. The van der Waals surface area contributed by atoms with E-state index in [9.17, 15) is 4.79 Å². The van der Waals surface area contributed by atoms with Gasteiger partial charge in [0.1, 0.15) is 21.8 Å². The number of fused-ring (bicyclic) bond motifs is 2. The number of carboxylic acid groups (broad SMARTS) is 1. The summed E-state index contributed by atoms with van der Waals surface area (Å²) in [6.07, 6.45) is 3.29. The van der Waals surface area contributed by atoms with Crippen molar-refractivity contribution in [1.82, 2.24) is 10.3 Å². The number of hydrogen-bond donors (Lipinski definition) is 2. The predicted molar refractivity (Wildman–Crippen MR) is 78.8 cm³/mol. The Morgan fingerprint density at radius 1 is 1.55 bits per heavy atom. The summed E-state index contributed by atoms with van der Waals surface area (Å²) in [6.45, 7) is 1.48. The minimum absolute atomic E-state index is 0.260. The summed E-state index contributed by atoms with van der Waals surface area (Å²) in [4.78, 5) is 15.5. The molecule has 20 heavy (non-hydrogen) atoms. The Morgan fingerprint density at radius 2 is 2.25 bits per heavy atom. The van der Waals surface area contributed by atoms with Crippen LogP contribution in [0.1, 0.15) is 24.3 Å². The Hall–Kier alpha value is -0.500. The van der Waals surface area contributed by atoms with Gasteiger partial charge in [-0.25, -0.2) is 9.78 Å². The van der Waals surface area contributed by atoms with Crippen LogP contribution in [0.25, 0.3) is 0 Å². The van der Waals surface area contributed by atoms with E-state index in [0.717, 1.165) is 35.5 Å². The van der Waals surface area contributed by atoms with Crippen LogP contribution in [0.2, 0.25) is 0 Å². The summed E-state index contributed by atoms with van der Waals surface area (Å²) in [6, 6.07) is 0.